The van der Waals surface area contributed by atoms with Crippen LogP contribution < -0.4 is 10.6 Å². The molecule has 25 heteroatoms. The number of hydrogen-bond acceptors (Lipinski definition) is 16. The van der Waals surface area contributed by atoms with Gasteiger partial charge in [-0.25, -0.2) is 37.1 Å². The maximum absolute atomic E-state index is 12.7. The van der Waals surface area contributed by atoms with Crippen molar-refractivity contribution in [2.24, 2.45) is 0 Å². The molecule has 1 aliphatic rings. The summed E-state index contributed by atoms with van der Waals surface area (Å²) in [5, 5.41) is 20.7. The molecule has 3 heterocycles. The summed E-state index contributed by atoms with van der Waals surface area (Å²) in [6.07, 6.45) is -3.61. The van der Waals surface area contributed by atoms with Gasteiger partial charge in [0.1, 0.15) is 30.2 Å². The number of rotatable bonds is 11. The second-order valence-electron chi connectivity index (χ2n) is 6.94. The summed E-state index contributed by atoms with van der Waals surface area (Å²) in [6, 6.07) is 0. The van der Waals surface area contributed by atoms with Crippen LogP contribution in [0.5, 0.6) is 0 Å². The molecule has 2 aromatic rings. The third kappa shape index (κ3) is 7.32. The number of anilines is 1. The minimum absolute atomic E-state index is 0.00578. The molecule has 0 aliphatic carbocycles. The van der Waals surface area contributed by atoms with Crippen LogP contribution >= 0.6 is 23.5 Å². The summed E-state index contributed by atoms with van der Waals surface area (Å²) < 4.78 is 80.9. The average Bonchev–Trinajstić information content (AvgIpc) is 3.25. The summed E-state index contributed by atoms with van der Waals surface area (Å²) in [5.74, 6) is 0.00578. The van der Waals surface area contributed by atoms with E-state index in [0.717, 1.165) is 12.7 Å². The molecule has 0 aromatic carbocycles. The average molecular weight is 600 g/mol. The number of hydrogen-bond donors (Lipinski definition) is 7. The first kappa shape index (κ1) is 29.1. The van der Waals surface area contributed by atoms with Crippen LogP contribution in [0, 0.1) is 0 Å². The molecule has 4 unspecified atom stereocenters. The highest BCUT2D eigenvalue weighted by atomic mass is 32.2. The van der Waals surface area contributed by atoms with Crippen molar-refractivity contribution < 1.29 is 69.5 Å². The molecule has 0 saturated carbocycles. The Labute approximate surface area is 200 Å². The number of fused-ring (bicyclic) bond motifs is 1. The number of aliphatic hydroxyl groups is 2. The second-order valence-corrected chi connectivity index (χ2v) is 13.2. The molecule has 3 rings (SSSR count). The monoisotopic (exact) mass is 600 g/mol. The van der Waals surface area contributed by atoms with Crippen LogP contribution in [0.4, 0.5) is 5.82 Å². The molecule has 0 spiro atoms. The zero-order valence-electron chi connectivity index (χ0n) is 17.6. The molecule has 0 bridgehead atoms. The number of nitrogen functional groups attached to an aromatic ring is 1. The predicted octanol–water partition coefficient (Wildman–Crippen LogP) is -2.14. The summed E-state index contributed by atoms with van der Waals surface area (Å²) >= 11 is 0. The van der Waals surface area contributed by atoms with Crippen LogP contribution in [0.25, 0.3) is 11.2 Å². The van der Waals surface area contributed by atoms with E-state index in [4.69, 9.17) is 24.8 Å². The Balaban J connectivity index is 1.79. The molecule has 1 saturated heterocycles. The third-order valence-corrected chi connectivity index (χ3v) is 8.70. The second kappa shape index (κ2) is 10.4. The summed E-state index contributed by atoms with van der Waals surface area (Å²) in [7, 11) is -21.4. The molecule has 8 N–H and O–H groups in total. The molecule has 1 aliphatic heterocycles. The smallest absolute Gasteiger partial charge is 0.387 e. The topological polar surface area (TPSA) is 314 Å². The fourth-order valence-electron chi connectivity index (χ4n) is 2.77. The van der Waals surface area contributed by atoms with Gasteiger partial charge in [0, 0.05) is 0 Å². The highest BCUT2D eigenvalue weighted by Crippen LogP contribution is 2.68. The standard InChI is InChI=1S/C11H19N6O15P3S/c1-36(26,27)16-30-35(25,32-34(23,24)31-33(20,21)22)28-2-5-7(18)8(19)11(29-5)17-4-15-6-9(12)13-3-14-10(6)17/h3-5,7-8,11,16,18-19H,2H2,1H3,(H,23,24)(H2,12,13,14)(H2,20,21,22)/t5-,7?,8?,11-,35?/m1/s1. The van der Waals surface area contributed by atoms with Crippen LogP contribution in [-0.2, 0) is 46.2 Å². The van der Waals surface area contributed by atoms with Gasteiger partial charge in [-0.2, -0.15) is 13.2 Å². The molecule has 2 aromatic heterocycles. The van der Waals surface area contributed by atoms with Gasteiger partial charge in [0.15, 0.2) is 17.7 Å². The van der Waals surface area contributed by atoms with Crippen LogP contribution in [0.1, 0.15) is 6.23 Å². The van der Waals surface area contributed by atoms with Gasteiger partial charge in [-0.15, -0.1) is 0 Å². The Hall–Kier alpha value is -1.45. The lowest BCUT2D eigenvalue weighted by atomic mass is 10.1. The van der Waals surface area contributed by atoms with E-state index in [9.17, 15) is 37.2 Å². The highest BCUT2D eigenvalue weighted by molar-refractivity contribution is 7.88. The first-order valence-corrected chi connectivity index (χ1v) is 15.4. The van der Waals surface area contributed by atoms with Gasteiger partial charge in [0.05, 0.1) is 19.2 Å². The van der Waals surface area contributed by atoms with Crippen molar-refractivity contribution >= 4 is 50.5 Å². The first-order valence-electron chi connectivity index (χ1n) is 9.05. The number of imidazole rings is 1. The predicted molar refractivity (Wildman–Crippen MR) is 112 cm³/mol. The van der Waals surface area contributed by atoms with E-state index < -0.39 is 64.6 Å². The molecular formula is C11H19N6O15P3S. The molecule has 6 atom stereocenters. The van der Waals surface area contributed by atoms with Crippen molar-refractivity contribution in [3.63, 3.8) is 0 Å². The van der Waals surface area contributed by atoms with Crippen LogP contribution in [0.3, 0.4) is 0 Å². The van der Waals surface area contributed by atoms with Gasteiger partial charge < -0.3 is 35.4 Å². The Bertz CT molecular complexity index is 1360. The summed E-state index contributed by atoms with van der Waals surface area (Å²) in [6.45, 7) is -1.06. The summed E-state index contributed by atoms with van der Waals surface area (Å²) in [4.78, 5) is 39.7. The Morgan fingerprint density at radius 3 is 2.42 bits per heavy atom. The SMILES string of the molecule is CS(=O)(=O)NOP(=O)(OC[C@H]1O[C@@H](n2cnc3c(N)ncnc32)C(O)C1O)OP(=O)(O)OP(=O)(O)O. The van der Waals surface area contributed by atoms with Crippen LogP contribution in [0.15, 0.2) is 12.7 Å². The van der Waals surface area contributed by atoms with Crippen molar-refractivity contribution in [1.82, 2.24) is 24.4 Å². The Morgan fingerprint density at radius 2 is 1.81 bits per heavy atom. The van der Waals surface area contributed by atoms with E-state index in [1.807, 2.05) is 0 Å². The van der Waals surface area contributed by atoms with Gasteiger partial charge in [0.25, 0.3) is 0 Å². The Kier molecular flexibility index (Phi) is 8.38. The number of aromatic nitrogens is 4. The Morgan fingerprint density at radius 1 is 1.14 bits per heavy atom. The van der Waals surface area contributed by atoms with Crippen molar-refractivity contribution in [3.05, 3.63) is 12.7 Å². The zero-order chi connectivity index (χ0) is 27.1. The summed E-state index contributed by atoms with van der Waals surface area (Å²) in [5.41, 5.74) is 5.94. The van der Waals surface area contributed by atoms with Gasteiger partial charge >= 0.3 is 23.5 Å². The molecule has 0 radical (unpaired) electrons. The lowest BCUT2D eigenvalue weighted by molar-refractivity contribution is -0.0518. The lowest BCUT2D eigenvalue weighted by Gasteiger charge is -2.22. The molecule has 1 fully saturated rings. The van der Waals surface area contributed by atoms with E-state index in [0.29, 0.717) is 6.26 Å². The molecule has 0 amide bonds. The van der Waals surface area contributed by atoms with Gasteiger partial charge in [-0.3, -0.25) is 9.09 Å². The highest BCUT2D eigenvalue weighted by Gasteiger charge is 2.48. The fourth-order valence-corrected chi connectivity index (χ4v) is 6.86. The van der Waals surface area contributed by atoms with E-state index in [-0.39, 0.29) is 17.0 Å². The molecule has 204 valence electrons. The van der Waals surface area contributed by atoms with Gasteiger partial charge in [0.2, 0.25) is 10.0 Å². The number of nitrogens with one attached hydrogen (secondary N) is 1. The van der Waals surface area contributed by atoms with Crippen LogP contribution in [0.2, 0.25) is 0 Å². The normalized spacial score (nSPS) is 26.6. The lowest BCUT2D eigenvalue weighted by Crippen LogP contribution is -2.34. The molecule has 21 nitrogen and oxygen atoms in total. The van der Waals surface area contributed by atoms with Crippen LogP contribution in [-0.4, -0.2) is 84.0 Å². The molecule has 36 heavy (non-hydrogen) atoms. The van der Waals surface area contributed by atoms with Crippen molar-refractivity contribution in [2.75, 3.05) is 18.6 Å². The maximum atomic E-state index is 12.7. The van der Waals surface area contributed by atoms with Crippen molar-refractivity contribution in [2.45, 2.75) is 24.5 Å². The van der Waals surface area contributed by atoms with E-state index >= 15 is 0 Å². The number of nitrogens with two attached hydrogens (primary N) is 1. The van der Waals surface area contributed by atoms with Gasteiger partial charge in [-0.05, 0) is 0 Å². The number of phosphoric acid groups is 3. The fraction of sp³-hybridized carbons (Fsp3) is 0.545. The minimum atomic E-state index is -5.89. The number of ether oxygens (including phenoxy) is 1. The third-order valence-electron chi connectivity index (χ3n) is 4.11. The number of aliphatic hydroxyl groups excluding tert-OH is 2. The number of sulfonamides is 1. The zero-order valence-corrected chi connectivity index (χ0v) is 21.1. The van der Waals surface area contributed by atoms with E-state index in [2.05, 4.69) is 28.2 Å². The maximum Gasteiger partial charge on any atom is 0.501 e. The quantitative estimate of drug-likeness (QED) is 0.107. The first-order chi connectivity index (χ1) is 16.4. The van der Waals surface area contributed by atoms with Crippen molar-refractivity contribution in [1.29, 1.82) is 0 Å². The van der Waals surface area contributed by atoms with Crippen molar-refractivity contribution in [3.8, 4) is 0 Å². The number of nitrogens with zero attached hydrogens (tertiary/aromatic N) is 4. The minimum Gasteiger partial charge on any atom is -0.387 e. The molecular weight excluding hydrogens is 581 g/mol. The van der Waals surface area contributed by atoms with E-state index in [1.165, 1.54) is 9.45 Å². The van der Waals surface area contributed by atoms with Gasteiger partial charge in [-0.1, -0.05) is 4.89 Å². The van der Waals surface area contributed by atoms with E-state index in [1.54, 1.807) is 0 Å². The largest absolute Gasteiger partial charge is 0.501 e.